The molecule has 0 atom stereocenters. The van der Waals surface area contributed by atoms with Gasteiger partial charge in [-0.1, -0.05) is 18.2 Å². The van der Waals surface area contributed by atoms with E-state index < -0.39 is 18.5 Å². The molecule has 0 spiro atoms. The first-order chi connectivity index (χ1) is 15.0. The summed E-state index contributed by atoms with van der Waals surface area (Å²) in [5.74, 6) is -0.878. The number of amides is 2. The molecule has 2 N–H and O–H groups in total. The van der Waals surface area contributed by atoms with E-state index in [1.165, 1.54) is 6.92 Å². The van der Waals surface area contributed by atoms with Crippen LogP contribution in [0.5, 0.6) is 0 Å². The van der Waals surface area contributed by atoms with Gasteiger partial charge in [0.15, 0.2) is 12.3 Å². The zero-order valence-electron chi connectivity index (χ0n) is 17.0. The van der Waals surface area contributed by atoms with Gasteiger partial charge in [0.2, 0.25) is 5.91 Å². The molecular formula is C23H22N4O4. The van der Waals surface area contributed by atoms with E-state index in [0.717, 1.165) is 24.2 Å². The van der Waals surface area contributed by atoms with Crippen LogP contribution in [0.4, 0.5) is 11.4 Å². The highest BCUT2D eigenvalue weighted by molar-refractivity contribution is 5.95. The Kier molecular flexibility index (Phi) is 5.79. The Morgan fingerprint density at radius 2 is 1.65 bits per heavy atom. The zero-order valence-corrected chi connectivity index (χ0v) is 17.0. The second kappa shape index (κ2) is 8.83. The summed E-state index contributed by atoms with van der Waals surface area (Å²) in [6.45, 7) is 0.992. The molecule has 0 radical (unpaired) electrons. The molecule has 1 saturated carbocycles. The van der Waals surface area contributed by atoms with Crippen LogP contribution in [0.3, 0.4) is 0 Å². The van der Waals surface area contributed by atoms with Crippen LogP contribution in [-0.4, -0.2) is 34.2 Å². The SMILES string of the molecule is CC(=O)Nc1ccc(NC(=O)COC(=O)c2cc(C3CC3)nn2-c2ccccc2)cc1. The number of nitrogens with zero attached hydrogens (tertiary/aromatic N) is 2. The minimum absolute atomic E-state index is 0.178. The largest absolute Gasteiger partial charge is 0.451 e. The van der Waals surface area contributed by atoms with Crippen LogP contribution in [0.2, 0.25) is 0 Å². The summed E-state index contributed by atoms with van der Waals surface area (Å²) in [5.41, 5.74) is 3.06. The molecule has 1 aliphatic rings. The molecular weight excluding hydrogens is 396 g/mol. The van der Waals surface area contributed by atoms with Crippen LogP contribution >= 0.6 is 0 Å². The van der Waals surface area contributed by atoms with Crippen molar-refractivity contribution in [1.29, 1.82) is 0 Å². The highest BCUT2D eigenvalue weighted by Gasteiger charge is 2.29. The van der Waals surface area contributed by atoms with Gasteiger partial charge in [0, 0.05) is 24.2 Å². The highest BCUT2D eigenvalue weighted by Crippen LogP contribution is 2.39. The third-order valence-electron chi connectivity index (χ3n) is 4.76. The van der Waals surface area contributed by atoms with Gasteiger partial charge in [0.1, 0.15) is 0 Å². The number of rotatable bonds is 7. The van der Waals surface area contributed by atoms with Crippen LogP contribution in [-0.2, 0) is 14.3 Å². The number of aromatic nitrogens is 2. The lowest BCUT2D eigenvalue weighted by atomic mass is 10.2. The Balaban J connectivity index is 1.39. The summed E-state index contributed by atoms with van der Waals surface area (Å²) in [7, 11) is 0. The van der Waals surface area contributed by atoms with Crippen molar-refractivity contribution in [2.24, 2.45) is 0 Å². The molecule has 0 bridgehead atoms. The van der Waals surface area contributed by atoms with Gasteiger partial charge >= 0.3 is 5.97 Å². The molecule has 1 aliphatic carbocycles. The summed E-state index contributed by atoms with van der Waals surface area (Å²) in [5, 5.41) is 9.88. The van der Waals surface area contributed by atoms with Gasteiger partial charge in [-0.15, -0.1) is 0 Å². The van der Waals surface area contributed by atoms with Crippen molar-refractivity contribution in [2.75, 3.05) is 17.2 Å². The molecule has 8 nitrogen and oxygen atoms in total. The normalized spacial score (nSPS) is 12.8. The van der Waals surface area contributed by atoms with E-state index in [0.29, 0.717) is 23.0 Å². The number of benzene rings is 2. The average Bonchev–Trinajstić information content (AvgIpc) is 3.52. The van der Waals surface area contributed by atoms with Crippen LogP contribution in [0.25, 0.3) is 5.69 Å². The lowest BCUT2D eigenvalue weighted by Crippen LogP contribution is -2.22. The van der Waals surface area contributed by atoms with Gasteiger partial charge in [-0.05, 0) is 55.3 Å². The molecule has 1 heterocycles. The van der Waals surface area contributed by atoms with Gasteiger partial charge in [0.05, 0.1) is 11.4 Å². The summed E-state index contributed by atoms with van der Waals surface area (Å²) >= 11 is 0. The van der Waals surface area contributed by atoms with E-state index in [4.69, 9.17) is 4.74 Å². The third-order valence-corrected chi connectivity index (χ3v) is 4.76. The summed E-state index contributed by atoms with van der Waals surface area (Å²) in [6, 6.07) is 17.7. The Bertz CT molecular complexity index is 1100. The standard InChI is InChI=1S/C23H22N4O4/c1-15(28)24-17-9-11-18(12-10-17)25-22(29)14-31-23(30)21-13-20(16-7-8-16)26-27(21)19-5-3-2-4-6-19/h2-6,9-13,16H,7-8,14H2,1H3,(H,24,28)(H,25,29). The molecule has 0 aliphatic heterocycles. The Hall–Kier alpha value is -3.94. The third kappa shape index (κ3) is 5.16. The average molecular weight is 418 g/mol. The number of hydrogen-bond acceptors (Lipinski definition) is 5. The van der Waals surface area contributed by atoms with Gasteiger partial charge in [0.25, 0.3) is 5.91 Å². The Labute approximate surface area is 179 Å². The molecule has 1 fully saturated rings. The number of hydrogen-bond donors (Lipinski definition) is 2. The maximum absolute atomic E-state index is 12.7. The van der Waals surface area contributed by atoms with E-state index in [9.17, 15) is 14.4 Å². The lowest BCUT2D eigenvalue weighted by Gasteiger charge is -2.09. The Morgan fingerprint density at radius 1 is 1.00 bits per heavy atom. The molecule has 158 valence electrons. The summed E-state index contributed by atoms with van der Waals surface area (Å²) in [4.78, 5) is 36.0. The number of carbonyl (C=O) groups is 3. The summed E-state index contributed by atoms with van der Waals surface area (Å²) < 4.78 is 6.81. The lowest BCUT2D eigenvalue weighted by molar-refractivity contribution is -0.119. The second-order valence-corrected chi connectivity index (χ2v) is 7.36. The molecule has 2 aromatic carbocycles. The summed E-state index contributed by atoms with van der Waals surface area (Å²) in [6.07, 6.45) is 2.12. The Morgan fingerprint density at radius 3 is 2.26 bits per heavy atom. The molecule has 4 rings (SSSR count). The van der Waals surface area contributed by atoms with Crippen molar-refractivity contribution in [1.82, 2.24) is 9.78 Å². The number of ether oxygens (including phenoxy) is 1. The highest BCUT2D eigenvalue weighted by atomic mass is 16.5. The van der Waals surface area contributed by atoms with E-state index in [-0.39, 0.29) is 5.91 Å². The fourth-order valence-corrected chi connectivity index (χ4v) is 3.13. The minimum atomic E-state index is -0.612. The van der Waals surface area contributed by atoms with Crippen molar-refractivity contribution < 1.29 is 19.1 Å². The predicted molar refractivity (Wildman–Crippen MR) is 115 cm³/mol. The van der Waals surface area contributed by atoms with E-state index >= 15 is 0 Å². The van der Waals surface area contributed by atoms with E-state index in [2.05, 4.69) is 15.7 Å². The van der Waals surface area contributed by atoms with E-state index in [1.54, 1.807) is 35.0 Å². The van der Waals surface area contributed by atoms with Crippen molar-refractivity contribution in [2.45, 2.75) is 25.7 Å². The number of para-hydroxylation sites is 1. The fraction of sp³-hybridized carbons (Fsp3) is 0.217. The first kappa shape index (κ1) is 20.3. The molecule has 2 amide bonds. The number of esters is 1. The van der Waals surface area contributed by atoms with Gasteiger partial charge < -0.3 is 15.4 Å². The predicted octanol–water partition coefficient (Wildman–Crippen LogP) is 3.50. The van der Waals surface area contributed by atoms with Gasteiger partial charge in [-0.3, -0.25) is 9.59 Å². The van der Waals surface area contributed by atoms with Crippen molar-refractivity contribution >= 4 is 29.2 Å². The van der Waals surface area contributed by atoms with Crippen molar-refractivity contribution in [3.05, 3.63) is 72.1 Å². The number of nitrogens with one attached hydrogen (secondary N) is 2. The topological polar surface area (TPSA) is 102 Å². The van der Waals surface area contributed by atoms with Crippen molar-refractivity contribution in [3.63, 3.8) is 0 Å². The monoisotopic (exact) mass is 418 g/mol. The molecule has 0 unspecified atom stereocenters. The van der Waals surface area contributed by atoms with E-state index in [1.807, 2.05) is 30.3 Å². The molecule has 0 saturated heterocycles. The molecule has 1 aromatic heterocycles. The quantitative estimate of drug-likeness (QED) is 0.572. The van der Waals surface area contributed by atoms with Crippen LogP contribution in [0, 0.1) is 0 Å². The van der Waals surface area contributed by atoms with Gasteiger partial charge in [-0.25, -0.2) is 9.48 Å². The second-order valence-electron chi connectivity index (χ2n) is 7.36. The minimum Gasteiger partial charge on any atom is -0.451 e. The maximum Gasteiger partial charge on any atom is 0.357 e. The molecule has 3 aromatic rings. The first-order valence-corrected chi connectivity index (χ1v) is 9.99. The first-order valence-electron chi connectivity index (χ1n) is 9.99. The van der Waals surface area contributed by atoms with Crippen LogP contribution in [0.1, 0.15) is 41.9 Å². The zero-order chi connectivity index (χ0) is 21.8. The van der Waals surface area contributed by atoms with Gasteiger partial charge in [-0.2, -0.15) is 5.10 Å². The fourth-order valence-electron chi connectivity index (χ4n) is 3.13. The molecule has 31 heavy (non-hydrogen) atoms. The number of carbonyl (C=O) groups excluding carboxylic acids is 3. The van der Waals surface area contributed by atoms with Crippen LogP contribution < -0.4 is 10.6 Å². The van der Waals surface area contributed by atoms with Crippen LogP contribution in [0.15, 0.2) is 60.7 Å². The van der Waals surface area contributed by atoms with Crippen molar-refractivity contribution in [3.8, 4) is 5.69 Å². The smallest absolute Gasteiger partial charge is 0.357 e. The molecule has 8 heteroatoms. The maximum atomic E-state index is 12.7. The number of anilines is 2.